The summed E-state index contributed by atoms with van der Waals surface area (Å²) in [6, 6.07) is -3.39. The van der Waals surface area contributed by atoms with E-state index in [1.54, 1.807) is 0 Å². The predicted octanol–water partition coefficient (Wildman–Crippen LogP) is -1.05. The molecule has 0 saturated carbocycles. The Hall–Kier alpha value is -2.48. The number of aliphatic hydroxyl groups is 2. The van der Waals surface area contributed by atoms with Crippen LogP contribution in [0.15, 0.2) is 11.0 Å². The van der Waals surface area contributed by atoms with E-state index in [-0.39, 0.29) is 31.2 Å². The largest absolute Gasteiger partial charge is 0.368 e. The van der Waals surface area contributed by atoms with Crippen molar-refractivity contribution in [2.24, 2.45) is 5.92 Å². The molecule has 2 atom stereocenters. The van der Waals surface area contributed by atoms with E-state index in [2.05, 4.69) is 15.9 Å². The fourth-order valence-electron chi connectivity index (χ4n) is 2.62. The van der Waals surface area contributed by atoms with Gasteiger partial charge in [-0.1, -0.05) is 5.92 Å². The van der Waals surface area contributed by atoms with E-state index in [4.69, 9.17) is 27.1 Å². The Balaban J connectivity index is 2.11. The van der Waals surface area contributed by atoms with Gasteiger partial charge in [-0.05, 0) is 0 Å². The molecule has 3 heterocycles. The summed E-state index contributed by atoms with van der Waals surface area (Å²) in [5, 5.41) is 18.1. The number of alkyl halides is 1. The van der Waals surface area contributed by atoms with Gasteiger partial charge >= 0.3 is 11.7 Å². The Bertz CT molecular complexity index is 847. The summed E-state index contributed by atoms with van der Waals surface area (Å²) in [5.41, 5.74) is 5.57. The van der Waals surface area contributed by atoms with Crippen LogP contribution < -0.4 is 11.4 Å². The minimum absolute atomic E-state index is 0.0151. The molecule has 1 aliphatic heterocycles. The van der Waals surface area contributed by atoms with Crippen molar-refractivity contribution in [2.45, 2.75) is 25.2 Å². The summed E-state index contributed by atoms with van der Waals surface area (Å²) in [6.07, 6.45) is 5.58. The number of halogens is 1. The average molecular weight is 323 g/mol. The van der Waals surface area contributed by atoms with Gasteiger partial charge in [-0.15, -0.1) is 6.42 Å². The van der Waals surface area contributed by atoms with Crippen LogP contribution in [0, 0.1) is 18.3 Å². The molecule has 2 aromatic rings. The Kier molecular flexibility index (Phi) is 3.56. The first kappa shape index (κ1) is 15.4. The Labute approximate surface area is 129 Å². The van der Waals surface area contributed by atoms with Gasteiger partial charge < -0.3 is 20.7 Å². The highest BCUT2D eigenvalue weighted by Crippen LogP contribution is 2.35. The molecule has 0 aromatic carbocycles. The van der Waals surface area contributed by atoms with Crippen molar-refractivity contribution < 1.29 is 19.3 Å². The second-order valence-electron chi connectivity index (χ2n) is 5.24. The van der Waals surface area contributed by atoms with Gasteiger partial charge in [0.15, 0.2) is 5.65 Å². The maximum atomic E-state index is 13.3. The first-order valence-corrected chi connectivity index (χ1v) is 6.75. The zero-order valence-corrected chi connectivity index (χ0v) is 11.9. The van der Waals surface area contributed by atoms with Crippen LogP contribution in [0.1, 0.15) is 12.6 Å². The zero-order valence-electron chi connectivity index (χ0n) is 11.9. The SMILES string of the molecule is C#CCn1c(=O)n(C2CC(C(O)(O)F)CO2)c2nc(N)ncc21. The monoisotopic (exact) mass is 323 g/mol. The van der Waals surface area contributed by atoms with Crippen LogP contribution in [-0.4, -0.2) is 42.0 Å². The Morgan fingerprint density at radius 3 is 2.96 bits per heavy atom. The van der Waals surface area contributed by atoms with E-state index < -0.39 is 23.9 Å². The molecule has 1 fully saturated rings. The summed E-state index contributed by atoms with van der Waals surface area (Å²) in [4.78, 5) is 20.4. The van der Waals surface area contributed by atoms with Crippen molar-refractivity contribution in [3.8, 4) is 12.3 Å². The van der Waals surface area contributed by atoms with Crippen LogP contribution in [0.4, 0.5) is 10.3 Å². The Morgan fingerprint density at radius 2 is 2.35 bits per heavy atom. The van der Waals surface area contributed by atoms with Crippen LogP contribution in [0.25, 0.3) is 11.2 Å². The zero-order chi connectivity index (χ0) is 16.8. The summed E-state index contributed by atoms with van der Waals surface area (Å²) in [5.74, 6) is 1.11. The molecule has 0 spiro atoms. The van der Waals surface area contributed by atoms with E-state index in [0.29, 0.717) is 5.52 Å². The van der Waals surface area contributed by atoms with E-state index in [1.807, 2.05) is 0 Å². The molecular weight excluding hydrogens is 309 g/mol. The number of rotatable bonds is 3. The van der Waals surface area contributed by atoms with Crippen LogP contribution in [-0.2, 0) is 11.3 Å². The van der Waals surface area contributed by atoms with Crippen molar-refractivity contribution in [1.82, 2.24) is 19.1 Å². The topological polar surface area (TPSA) is 128 Å². The van der Waals surface area contributed by atoms with Crippen molar-refractivity contribution in [1.29, 1.82) is 0 Å². The quantitative estimate of drug-likeness (QED) is 0.485. The number of hydrogen-bond acceptors (Lipinski definition) is 7. The highest BCUT2D eigenvalue weighted by Gasteiger charge is 2.43. The van der Waals surface area contributed by atoms with E-state index in [1.165, 1.54) is 10.8 Å². The van der Waals surface area contributed by atoms with E-state index in [0.717, 1.165) is 4.57 Å². The van der Waals surface area contributed by atoms with Gasteiger partial charge in [-0.3, -0.25) is 4.57 Å². The van der Waals surface area contributed by atoms with Crippen molar-refractivity contribution >= 4 is 17.1 Å². The normalized spacial score (nSPS) is 21.7. The molecule has 1 aliphatic rings. The molecule has 0 radical (unpaired) electrons. The fraction of sp³-hybridized carbons (Fsp3) is 0.462. The second kappa shape index (κ2) is 5.31. The fourth-order valence-corrected chi connectivity index (χ4v) is 2.62. The minimum atomic E-state index is -3.39. The minimum Gasteiger partial charge on any atom is -0.368 e. The lowest BCUT2D eigenvalue weighted by Gasteiger charge is -2.17. The lowest BCUT2D eigenvalue weighted by Crippen LogP contribution is -2.33. The molecule has 2 unspecified atom stereocenters. The van der Waals surface area contributed by atoms with Gasteiger partial charge in [-0.2, -0.15) is 9.37 Å². The van der Waals surface area contributed by atoms with Crippen LogP contribution in [0.5, 0.6) is 0 Å². The molecule has 23 heavy (non-hydrogen) atoms. The molecule has 9 nitrogen and oxygen atoms in total. The van der Waals surface area contributed by atoms with Crippen molar-refractivity contribution in [3.63, 3.8) is 0 Å². The van der Waals surface area contributed by atoms with Crippen LogP contribution >= 0.6 is 0 Å². The molecule has 0 bridgehead atoms. The number of fused-ring (bicyclic) bond motifs is 1. The summed E-state index contributed by atoms with van der Waals surface area (Å²) in [7, 11) is 0. The third-order valence-corrected chi connectivity index (χ3v) is 3.76. The van der Waals surface area contributed by atoms with E-state index >= 15 is 0 Å². The molecule has 0 aliphatic carbocycles. The molecule has 122 valence electrons. The molecule has 0 amide bonds. The van der Waals surface area contributed by atoms with Gasteiger partial charge in [0.25, 0.3) is 0 Å². The first-order valence-electron chi connectivity index (χ1n) is 6.75. The molecule has 2 aromatic heterocycles. The molecule has 4 N–H and O–H groups in total. The first-order chi connectivity index (χ1) is 10.8. The maximum Gasteiger partial charge on any atom is 0.333 e. The Morgan fingerprint density at radius 1 is 1.61 bits per heavy atom. The number of aromatic nitrogens is 4. The third kappa shape index (κ3) is 2.55. The van der Waals surface area contributed by atoms with Gasteiger partial charge in [0.1, 0.15) is 11.7 Å². The van der Waals surface area contributed by atoms with Gasteiger partial charge in [0.05, 0.1) is 25.3 Å². The summed E-state index contributed by atoms with van der Waals surface area (Å²) < 4.78 is 21.0. The van der Waals surface area contributed by atoms with Crippen LogP contribution in [0.3, 0.4) is 0 Å². The third-order valence-electron chi connectivity index (χ3n) is 3.76. The van der Waals surface area contributed by atoms with Gasteiger partial charge in [0, 0.05) is 6.42 Å². The number of ether oxygens (including phenoxy) is 1. The molecular formula is C13H14FN5O4. The molecule has 1 saturated heterocycles. The smallest absolute Gasteiger partial charge is 0.333 e. The predicted molar refractivity (Wildman–Crippen MR) is 76.4 cm³/mol. The van der Waals surface area contributed by atoms with Gasteiger partial charge in [-0.25, -0.2) is 14.3 Å². The number of nitrogens with two attached hydrogens (primary N) is 1. The molecule has 10 heteroatoms. The summed E-state index contributed by atoms with van der Waals surface area (Å²) >= 11 is 0. The maximum absolute atomic E-state index is 13.3. The van der Waals surface area contributed by atoms with E-state index in [9.17, 15) is 9.18 Å². The lowest BCUT2D eigenvalue weighted by molar-refractivity contribution is -0.290. The van der Waals surface area contributed by atoms with Gasteiger partial charge in [0.2, 0.25) is 5.95 Å². The van der Waals surface area contributed by atoms with Crippen molar-refractivity contribution in [3.05, 3.63) is 16.7 Å². The highest BCUT2D eigenvalue weighted by atomic mass is 19.2. The standard InChI is InChI=1S/C13H14FN5O4/c1-2-3-18-8-5-16-11(15)17-10(8)19(12(18)20)9-4-7(6-23-9)13(14,21)22/h1,5,7,9,21-22H,3-4,6H2,(H2,15,16,17). The number of imidazole rings is 1. The number of nitrogens with zero attached hydrogens (tertiary/aromatic N) is 4. The second-order valence-corrected chi connectivity index (χ2v) is 5.24. The number of hydrogen-bond donors (Lipinski definition) is 3. The van der Waals surface area contributed by atoms with Crippen molar-refractivity contribution in [2.75, 3.05) is 12.3 Å². The summed E-state index contributed by atoms with van der Waals surface area (Å²) in [6.45, 7) is -0.276. The molecule has 3 rings (SSSR count). The highest BCUT2D eigenvalue weighted by molar-refractivity contribution is 5.72. The average Bonchev–Trinajstić information content (AvgIpc) is 3.03. The van der Waals surface area contributed by atoms with Crippen LogP contribution in [0.2, 0.25) is 0 Å². The lowest BCUT2D eigenvalue weighted by atomic mass is 10.1. The number of nitrogen functional groups attached to an aromatic ring is 1. The number of terminal acetylenes is 1. The number of anilines is 1.